The van der Waals surface area contributed by atoms with Gasteiger partial charge < -0.3 is 0 Å². The fraction of sp³-hybridized carbons (Fsp3) is 0.441. The highest BCUT2D eigenvalue weighted by atomic mass is 35.5. The van der Waals surface area contributed by atoms with Gasteiger partial charge in [0, 0.05) is 43.2 Å². The van der Waals surface area contributed by atoms with Gasteiger partial charge >= 0.3 is 0 Å². The van der Waals surface area contributed by atoms with Gasteiger partial charge in [0.15, 0.2) is 5.78 Å². The van der Waals surface area contributed by atoms with Crippen molar-refractivity contribution in [2.24, 2.45) is 5.92 Å². The second kappa shape index (κ2) is 14.2. The molecule has 1 saturated heterocycles. The van der Waals surface area contributed by atoms with Gasteiger partial charge in [0.05, 0.1) is 11.9 Å². The highest BCUT2D eigenvalue weighted by Crippen LogP contribution is 2.27. The molecule has 1 fully saturated rings. The number of Topliss-reactive ketones (excluding diaryl/α,β-unsaturated/α-hetero) is 1. The Morgan fingerprint density at radius 3 is 2.24 bits per heavy atom. The molecule has 42 heavy (non-hydrogen) atoms. The summed E-state index contributed by atoms with van der Waals surface area (Å²) in [5, 5.41) is 0.846. The number of para-hydroxylation sites is 1. The Bertz CT molecular complexity index is 1480. The standard InChI is InChI=1S/C34H42ClN3O3S/c1-42(40,41)36-33-11-5-3-9-31(33)25-38-21-17-27-13-14-29(23-28(27)18-22-38)34(39)12-6-7-26-15-19-37(20-16-26)24-30-8-2-4-10-32(30)35/h2-5,8-11,13-14,23,26,36H,6-7,12,15-22,24-25H2,1H3. The van der Waals surface area contributed by atoms with Crippen molar-refractivity contribution in [3.8, 4) is 0 Å². The van der Waals surface area contributed by atoms with Crippen LogP contribution in [0.3, 0.4) is 0 Å². The molecule has 3 aromatic carbocycles. The van der Waals surface area contributed by atoms with E-state index in [1.165, 1.54) is 35.8 Å². The number of anilines is 1. The molecule has 0 unspecified atom stereocenters. The van der Waals surface area contributed by atoms with Gasteiger partial charge in [0.25, 0.3) is 0 Å². The summed E-state index contributed by atoms with van der Waals surface area (Å²) < 4.78 is 26.2. The number of halogens is 1. The minimum Gasteiger partial charge on any atom is -0.299 e. The van der Waals surface area contributed by atoms with E-state index in [0.29, 0.717) is 24.6 Å². The molecule has 0 aliphatic carbocycles. The van der Waals surface area contributed by atoms with Crippen LogP contribution in [0.25, 0.3) is 0 Å². The van der Waals surface area contributed by atoms with Crippen molar-refractivity contribution in [2.75, 3.05) is 37.2 Å². The zero-order valence-electron chi connectivity index (χ0n) is 24.5. The summed E-state index contributed by atoms with van der Waals surface area (Å²) in [5.41, 5.74) is 6.20. The summed E-state index contributed by atoms with van der Waals surface area (Å²) >= 11 is 6.35. The summed E-state index contributed by atoms with van der Waals surface area (Å²) in [6.07, 6.45) is 8.01. The molecule has 8 heteroatoms. The fourth-order valence-electron chi connectivity index (χ4n) is 6.30. The van der Waals surface area contributed by atoms with E-state index in [1.807, 2.05) is 48.5 Å². The van der Waals surface area contributed by atoms with Crippen LogP contribution >= 0.6 is 11.6 Å². The molecule has 3 aromatic rings. The van der Waals surface area contributed by atoms with Crippen molar-refractivity contribution in [1.82, 2.24) is 9.80 Å². The number of sulfonamides is 1. The number of carbonyl (C=O) groups is 1. The molecule has 2 heterocycles. The number of nitrogens with zero attached hydrogens (tertiary/aromatic N) is 2. The number of likely N-dealkylation sites (tertiary alicyclic amines) is 1. The molecule has 2 aliphatic rings. The molecule has 0 spiro atoms. The lowest BCUT2D eigenvalue weighted by Crippen LogP contribution is -2.33. The van der Waals surface area contributed by atoms with E-state index in [1.54, 1.807) is 0 Å². The molecule has 0 amide bonds. The van der Waals surface area contributed by atoms with Crippen LogP contribution in [0.2, 0.25) is 5.02 Å². The molecule has 0 aromatic heterocycles. The largest absolute Gasteiger partial charge is 0.299 e. The van der Waals surface area contributed by atoms with Crippen LogP contribution < -0.4 is 4.72 Å². The Balaban J connectivity index is 1.08. The minimum atomic E-state index is -3.34. The van der Waals surface area contributed by atoms with Crippen LogP contribution in [0, 0.1) is 5.92 Å². The molecule has 0 atom stereocenters. The number of rotatable bonds is 11. The zero-order chi connectivity index (χ0) is 29.5. The fourth-order valence-corrected chi connectivity index (χ4v) is 7.09. The van der Waals surface area contributed by atoms with Crippen LogP contribution in [0.4, 0.5) is 5.69 Å². The minimum absolute atomic E-state index is 0.246. The average Bonchev–Trinajstić information content (AvgIpc) is 3.17. The molecule has 0 saturated carbocycles. The Labute approximate surface area is 256 Å². The number of benzene rings is 3. The van der Waals surface area contributed by atoms with Crippen molar-refractivity contribution >= 4 is 33.1 Å². The molecule has 5 rings (SSSR count). The van der Waals surface area contributed by atoms with Crippen LogP contribution in [-0.2, 0) is 36.0 Å². The van der Waals surface area contributed by atoms with Gasteiger partial charge in [-0.3, -0.25) is 19.3 Å². The van der Waals surface area contributed by atoms with Crippen LogP contribution in [0.5, 0.6) is 0 Å². The van der Waals surface area contributed by atoms with E-state index in [9.17, 15) is 13.2 Å². The average molecular weight is 608 g/mol. The van der Waals surface area contributed by atoms with Gasteiger partial charge in [-0.05, 0) is 98.0 Å². The topological polar surface area (TPSA) is 69.7 Å². The van der Waals surface area contributed by atoms with Crippen LogP contribution in [0.1, 0.15) is 64.7 Å². The zero-order valence-corrected chi connectivity index (χ0v) is 26.1. The summed E-state index contributed by atoms with van der Waals surface area (Å²) in [6.45, 7) is 5.53. The van der Waals surface area contributed by atoms with E-state index >= 15 is 0 Å². The van der Waals surface area contributed by atoms with Crippen molar-refractivity contribution in [3.05, 3.63) is 99.6 Å². The van der Waals surface area contributed by atoms with Gasteiger partial charge in [-0.15, -0.1) is 0 Å². The van der Waals surface area contributed by atoms with E-state index < -0.39 is 10.0 Å². The SMILES string of the molecule is CS(=O)(=O)Nc1ccccc1CN1CCc2ccc(C(=O)CCCC3CCN(Cc4ccccc4Cl)CC3)cc2CC1. The monoisotopic (exact) mass is 607 g/mol. The summed E-state index contributed by atoms with van der Waals surface area (Å²) in [5.74, 6) is 0.937. The Kier molecular flexibility index (Phi) is 10.4. The van der Waals surface area contributed by atoms with Crippen molar-refractivity contribution in [1.29, 1.82) is 0 Å². The molecule has 0 bridgehead atoms. The first-order valence-electron chi connectivity index (χ1n) is 15.1. The van der Waals surface area contributed by atoms with Gasteiger partial charge in [0.2, 0.25) is 10.0 Å². The summed E-state index contributed by atoms with van der Waals surface area (Å²) in [6, 6.07) is 21.9. The normalized spacial score (nSPS) is 17.0. The smallest absolute Gasteiger partial charge is 0.229 e. The molecular formula is C34H42ClN3O3S. The quantitative estimate of drug-likeness (QED) is 0.249. The third kappa shape index (κ3) is 8.66. The second-order valence-electron chi connectivity index (χ2n) is 11.9. The third-order valence-corrected chi connectivity index (χ3v) is 9.66. The molecule has 0 radical (unpaired) electrons. The molecule has 224 valence electrons. The van der Waals surface area contributed by atoms with E-state index in [-0.39, 0.29) is 5.78 Å². The first-order chi connectivity index (χ1) is 20.2. The highest BCUT2D eigenvalue weighted by Gasteiger charge is 2.21. The number of carbonyl (C=O) groups excluding carboxylic acids is 1. The summed E-state index contributed by atoms with van der Waals surface area (Å²) in [7, 11) is -3.34. The number of fused-ring (bicyclic) bond motifs is 1. The predicted octanol–water partition coefficient (Wildman–Crippen LogP) is 6.58. The molecular weight excluding hydrogens is 566 g/mol. The predicted molar refractivity (Wildman–Crippen MR) is 172 cm³/mol. The number of hydrogen-bond acceptors (Lipinski definition) is 5. The van der Waals surface area contributed by atoms with E-state index in [4.69, 9.17) is 11.6 Å². The van der Waals surface area contributed by atoms with Crippen molar-refractivity contribution in [3.63, 3.8) is 0 Å². The number of ketones is 1. The first kappa shape index (κ1) is 30.7. The molecule has 2 aliphatic heterocycles. The van der Waals surface area contributed by atoms with Crippen LogP contribution in [-0.4, -0.2) is 56.4 Å². The Morgan fingerprint density at radius 1 is 0.857 bits per heavy atom. The van der Waals surface area contributed by atoms with Gasteiger partial charge in [-0.25, -0.2) is 8.42 Å². The molecule has 1 N–H and O–H groups in total. The van der Waals surface area contributed by atoms with Gasteiger partial charge in [-0.2, -0.15) is 0 Å². The van der Waals surface area contributed by atoms with Crippen molar-refractivity contribution in [2.45, 2.75) is 58.0 Å². The summed E-state index contributed by atoms with van der Waals surface area (Å²) in [4.78, 5) is 18.0. The number of piperidine rings is 1. The number of hydrogen-bond donors (Lipinski definition) is 1. The number of nitrogens with one attached hydrogen (secondary N) is 1. The Morgan fingerprint density at radius 2 is 1.50 bits per heavy atom. The first-order valence-corrected chi connectivity index (χ1v) is 17.4. The maximum atomic E-state index is 13.1. The van der Waals surface area contributed by atoms with Crippen molar-refractivity contribution < 1.29 is 13.2 Å². The van der Waals surface area contributed by atoms with E-state index in [2.05, 4.69) is 32.7 Å². The maximum Gasteiger partial charge on any atom is 0.229 e. The lowest BCUT2D eigenvalue weighted by atomic mass is 9.90. The van der Waals surface area contributed by atoms with Crippen LogP contribution in [0.15, 0.2) is 66.7 Å². The Hall–Kier alpha value is -2.71. The van der Waals surface area contributed by atoms with Gasteiger partial charge in [0.1, 0.15) is 0 Å². The van der Waals surface area contributed by atoms with E-state index in [0.717, 1.165) is 74.6 Å². The van der Waals surface area contributed by atoms with Gasteiger partial charge in [-0.1, -0.05) is 60.1 Å². The maximum absolute atomic E-state index is 13.1. The highest BCUT2D eigenvalue weighted by molar-refractivity contribution is 7.92. The molecule has 6 nitrogen and oxygen atoms in total. The lowest BCUT2D eigenvalue weighted by molar-refractivity contribution is 0.0974. The lowest BCUT2D eigenvalue weighted by Gasteiger charge is -2.32. The third-order valence-electron chi connectivity index (χ3n) is 8.70. The second-order valence-corrected chi connectivity index (χ2v) is 14.1.